The number of Topliss-reactive ketones (excluding diaryl/α,β-unsaturated/α-hetero) is 1. The molecule has 164 valence electrons. The van der Waals surface area contributed by atoms with Crippen molar-refractivity contribution in [3.63, 3.8) is 0 Å². The van der Waals surface area contributed by atoms with Gasteiger partial charge in [-0.15, -0.1) is 0 Å². The maximum absolute atomic E-state index is 13.0. The Balaban J connectivity index is 2.27. The summed E-state index contributed by atoms with van der Waals surface area (Å²) in [6, 6.07) is 9.57. The molecule has 1 fully saturated rings. The first kappa shape index (κ1) is 22.2. The lowest BCUT2D eigenvalue weighted by Crippen LogP contribution is -2.30. The van der Waals surface area contributed by atoms with Crippen LogP contribution in [-0.2, 0) is 9.59 Å². The summed E-state index contributed by atoms with van der Waals surface area (Å²) in [4.78, 5) is 27.4. The standard InChI is InChI=1S/C24H27NO6/c1-6-12-25-20(16-8-7-9-18(30-4)23(16)31-5)19(22(27)24(25)28)21(26)15-10-11-17(29-3)14(2)13-15/h7-11,13,20,26H,6,12H2,1-5H3/b21-19+. The number of carbonyl (C=O) groups excluding carboxylic acids is 2. The van der Waals surface area contributed by atoms with Gasteiger partial charge in [0.2, 0.25) is 0 Å². The number of benzene rings is 2. The van der Waals surface area contributed by atoms with Crippen molar-refractivity contribution in [1.29, 1.82) is 0 Å². The number of ketones is 1. The minimum atomic E-state index is -0.799. The number of ether oxygens (including phenoxy) is 3. The predicted molar refractivity (Wildman–Crippen MR) is 117 cm³/mol. The Morgan fingerprint density at radius 3 is 2.32 bits per heavy atom. The molecule has 0 aromatic heterocycles. The molecule has 1 N–H and O–H groups in total. The quantitative estimate of drug-likeness (QED) is 0.412. The number of carbonyl (C=O) groups is 2. The van der Waals surface area contributed by atoms with Gasteiger partial charge in [0.05, 0.1) is 32.9 Å². The fourth-order valence-corrected chi connectivity index (χ4v) is 3.98. The molecule has 0 spiro atoms. The molecule has 0 radical (unpaired) electrons. The van der Waals surface area contributed by atoms with Gasteiger partial charge in [-0.1, -0.05) is 19.1 Å². The zero-order chi connectivity index (χ0) is 22.7. The van der Waals surface area contributed by atoms with Gasteiger partial charge in [-0.2, -0.15) is 0 Å². The van der Waals surface area contributed by atoms with E-state index >= 15 is 0 Å². The highest BCUT2D eigenvalue weighted by Gasteiger charge is 2.47. The van der Waals surface area contributed by atoms with Gasteiger partial charge in [-0.05, 0) is 43.2 Å². The van der Waals surface area contributed by atoms with E-state index in [2.05, 4.69) is 0 Å². The lowest BCUT2D eigenvalue weighted by Gasteiger charge is -2.26. The van der Waals surface area contributed by atoms with E-state index in [0.29, 0.717) is 41.3 Å². The Hall–Kier alpha value is -3.48. The Morgan fingerprint density at radius 1 is 1.03 bits per heavy atom. The van der Waals surface area contributed by atoms with Crippen molar-refractivity contribution in [2.24, 2.45) is 0 Å². The third-order valence-corrected chi connectivity index (χ3v) is 5.40. The van der Waals surface area contributed by atoms with Gasteiger partial charge in [0.15, 0.2) is 11.5 Å². The summed E-state index contributed by atoms with van der Waals surface area (Å²) in [6.07, 6.45) is 0.650. The minimum absolute atomic E-state index is 0.0227. The van der Waals surface area contributed by atoms with Crippen LogP contribution in [0.5, 0.6) is 17.2 Å². The van der Waals surface area contributed by atoms with Crippen molar-refractivity contribution in [1.82, 2.24) is 4.90 Å². The van der Waals surface area contributed by atoms with E-state index in [1.165, 1.54) is 19.1 Å². The van der Waals surface area contributed by atoms with Gasteiger partial charge in [-0.25, -0.2) is 0 Å². The van der Waals surface area contributed by atoms with Crippen molar-refractivity contribution in [2.45, 2.75) is 26.3 Å². The number of likely N-dealkylation sites (tertiary alicyclic amines) is 1. The van der Waals surface area contributed by atoms with Crippen LogP contribution in [0.25, 0.3) is 5.76 Å². The molecule has 0 saturated carbocycles. The molecule has 0 bridgehead atoms. The monoisotopic (exact) mass is 425 g/mol. The molecule has 1 aliphatic heterocycles. The molecular weight excluding hydrogens is 398 g/mol. The van der Waals surface area contributed by atoms with Gasteiger partial charge >= 0.3 is 0 Å². The molecule has 7 nitrogen and oxygen atoms in total. The van der Waals surface area contributed by atoms with E-state index in [9.17, 15) is 14.7 Å². The third kappa shape index (κ3) is 3.83. The maximum Gasteiger partial charge on any atom is 0.295 e. The molecule has 1 aliphatic rings. The second-order valence-corrected chi connectivity index (χ2v) is 7.26. The smallest absolute Gasteiger partial charge is 0.295 e. The lowest BCUT2D eigenvalue weighted by molar-refractivity contribution is -0.139. The SMILES string of the molecule is CCCN1C(=O)C(=O)/C(=C(/O)c2ccc(OC)c(C)c2)C1c1cccc(OC)c1OC. The van der Waals surface area contributed by atoms with E-state index in [0.717, 1.165) is 5.56 Å². The zero-order valence-corrected chi connectivity index (χ0v) is 18.4. The van der Waals surface area contributed by atoms with E-state index in [-0.39, 0.29) is 11.3 Å². The Morgan fingerprint density at radius 2 is 1.74 bits per heavy atom. The van der Waals surface area contributed by atoms with Crippen LogP contribution in [0.3, 0.4) is 0 Å². The Kier molecular flexibility index (Phi) is 6.53. The number of methoxy groups -OCH3 is 3. The van der Waals surface area contributed by atoms with Crippen molar-refractivity contribution >= 4 is 17.4 Å². The molecule has 2 aromatic carbocycles. The first-order valence-electron chi connectivity index (χ1n) is 10.0. The zero-order valence-electron chi connectivity index (χ0n) is 18.4. The average Bonchev–Trinajstić information content (AvgIpc) is 3.02. The number of hydrogen-bond donors (Lipinski definition) is 1. The van der Waals surface area contributed by atoms with Crippen LogP contribution in [0.4, 0.5) is 0 Å². The average molecular weight is 425 g/mol. The van der Waals surface area contributed by atoms with E-state index < -0.39 is 17.7 Å². The largest absolute Gasteiger partial charge is 0.507 e. The molecule has 31 heavy (non-hydrogen) atoms. The van der Waals surface area contributed by atoms with E-state index in [1.807, 2.05) is 13.8 Å². The summed E-state index contributed by atoms with van der Waals surface area (Å²) >= 11 is 0. The number of aliphatic hydroxyl groups excluding tert-OH is 1. The number of rotatable bonds is 7. The van der Waals surface area contributed by atoms with Crippen LogP contribution in [-0.4, -0.2) is 49.6 Å². The molecule has 3 rings (SSSR count). The number of aryl methyl sites for hydroxylation is 1. The van der Waals surface area contributed by atoms with Crippen LogP contribution in [0, 0.1) is 6.92 Å². The molecule has 1 atom stereocenters. The van der Waals surface area contributed by atoms with Crippen molar-refractivity contribution in [3.05, 3.63) is 58.7 Å². The first-order chi connectivity index (χ1) is 14.9. The number of nitrogens with zero attached hydrogens (tertiary/aromatic N) is 1. The number of para-hydroxylation sites is 1. The summed E-state index contributed by atoms with van der Waals surface area (Å²) in [5, 5.41) is 11.2. The van der Waals surface area contributed by atoms with Crippen molar-refractivity contribution < 1.29 is 28.9 Å². The van der Waals surface area contributed by atoms with Gasteiger partial charge in [0.1, 0.15) is 11.5 Å². The van der Waals surface area contributed by atoms with Gasteiger partial charge in [0, 0.05) is 17.7 Å². The van der Waals surface area contributed by atoms with Gasteiger partial charge in [-0.3, -0.25) is 9.59 Å². The summed E-state index contributed by atoms with van der Waals surface area (Å²) in [5.74, 6) is -0.0680. The predicted octanol–water partition coefficient (Wildman–Crippen LogP) is 3.85. The maximum atomic E-state index is 13.0. The number of amides is 1. The normalized spacial score (nSPS) is 17.7. The van der Waals surface area contributed by atoms with Crippen LogP contribution >= 0.6 is 0 Å². The first-order valence-corrected chi connectivity index (χ1v) is 10.0. The van der Waals surface area contributed by atoms with Gasteiger partial charge < -0.3 is 24.2 Å². The summed E-state index contributed by atoms with van der Waals surface area (Å²) in [7, 11) is 4.58. The Labute approximate surface area is 181 Å². The van der Waals surface area contributed by atoms with Crippen LogP contribution in [0.15, 0.2) is 42.0 Å². The molecule has 7 heteroatoms. The summed E-state index contributed by atoms with van der Waals surface area (Å²) < 4.78 is 16.2. The van der Waals surface area contributed by atoms with Gasteiger partial charge in [0.25, 0.3) is 11.7 Å². The molecule has 0 aliphatic carbocycles. The third-order valence-electron chi connectivity index (χ3n) is 5.40. The fraction of sp³-hybridized carbons (Fsp3) is 0.333. The molecule has 1 unspecified atom stereocenters. The van der Waals surface area contributed by atoms with E-state index in [1.54, 1.807) is 43.5 Å². The van der Waals surface area contributed by atoms with Crippen LogP contribution < -0.4 is 14.2 Å². The minimum Gasteiger partial charge on any atom is -0.507 e. The summed E-state index contributed by atoms with van der Waals surface area (Å²) in [5.41, 5.74) is 1.82. The fourth-order valence-electron chi connectivity index (χ4n) is 3.98. The number of aliphatic hydroxyl groups is 1. The lowest BCUT2D eigenvalue weighted by atomic mass is 9.94. The van der Waals surface area contributed by atoms with E-state index in [4.69, 9.17) is 14.2 Å². The van der Waals surface area contributed by atoms with Crippen LogP contribution in [0.2, 0.25) is 0 Å². The molecule has 1 amide bonds. The van der Waals surface area contributed by atoms with Crippen LogP contribution in [0.1, 0.15) is 36.1 Å². The second-order valence-electron chi connectivity index (χ2n) is 7.26. The molecule has 2 aromatic rings. The molecule has 1 heterocycles. The van der Waals surface area contributed by atoms with Crippen molar-refractivity contribution in [3.8, 4) is 17.2 Å². The highest BCUT2D eigenvalue weighted by atomic mass is 16.5. The topological polar surface area (TPSA) is 85.3 Å². The molecule has 1 saturated heterocycles. The molecular formula is C24H27NO6. The van der Waals surface area contributed by atoms with Crippen molar-refractivity contribution in [2.75, 3.05) is 27.9 Å². The Bertz CT molecular complexity index is 1040. The second kappa shape index (κ2) is 9.12. The summed E-state index contributed by atoms with van der Waals surface area (Å²) in [6.45, 7) is 4.12. The highest BCUT2D eigenvalue weighted by molar-refractivity contribution is 6.46. The highest BCUT2D eigenvalue weighted by Crippen LogP contribution is 2.45. The number of hydrogen-bond acceptors (Lipinski definition) is 6.